The van der Waals surface area contributed by atoms with Gasteiger partial charge in [0, 0.05) is 38.2 Å². The molecule has 32 heavy (non-hydrogen) atoms. The minimum absolute atomic E-state index is 0.0525. The number of aliphatic imine (C=N–C) groups is 1. The third kappa shape index (κ3) is 4.46. The van der Waals surface area contributed by atoms with Gasteiger partial charge in [0.05, 0.1) is 22.0 Å². The summed E-state index contributed by atoms with van der Waals surface area (Å²) < 4.78 is 39.8. The predicted octanol–water partition coefficient (Wildman–Crippen LogP) is 1.89. The molecule has 0 radical (unpaired) electrons. The zero-order chi connectivity index (χ0) is 22.9. The van der Waals surface area contributed by atoms with Gasteiger partial charge in [0.1, 0.15) is 11.7 Å². The lowest BCUT2D eigenvalue weighted by Gasteiger charge is -2.35. The molecule has 4 rings (SSSR count). The van der Waals surface area contributed by atoms with Crippen LogP contribution in [-0.2, 0) is 14.8 Å². The van der Waals surface area contributed by atoms with E-state index < -0.39 is 15.8 Å². The van der Waals surface area contributed by atoms with E-state index in [1.54, 1.807) is 28.0 Å². The molecule has 1 fully saturated rings. The molecule has 2 aliphatic rings. The molecule has 2 amide bonds. The summed E-state index contributed by atoms with van der Waals surface area (Å²) in [4.78, 5) is 32.8. The van der Waals surface area contributed by atoms with Crippen LogP contribution in [0.1, 0.15) is 22.3 Å². The van der Waals surface area contributed by atoms with E-state index in [9.17, 15) is 22.4 Å². The second-order valence-corrected chi connectivity index (χ2v) is 9.44. The maximum atomic E-state index is 13.2. The predicted molar refractivity (Wildman–Crippen MR) is 117 cm³/mol. The van der Waals surface area contributed by atoms with Crippen molar-refractivity contribution in [3.63, 3.8) is 0 Å². The van der Waals surface area contributed by atoms with Crippen molar-refractivity contribution in [2.75, 3.05) is 32.7 Å². The second kappa shape index (κ2) is 8.87. The van der Waals surface area contributed by atoms with Gasteiger partial charge in [0.2, 0.25) is 5.91 Å². The van der Waals surface area contributed by atoms with Crippen LogP contribution in [0.15, 0.2) is 52.4 Å². The number of hydrogen-bond acceptors (Lipinski definition) is 5. The minimum Gasteiger partial charge on any atom is -0.339 e. The smallest absolute Gasteiger partial charge is 0.263 e. The maximum Gasteiger partial charge on any atom is 0.263 e. The van der Waals surface area contributed by atoms with Crippen LogP contribution in [0.3, 0.4) is 0 Å². The van der Waals surface area contributed by atoms with Crippen LogP contribution in [0.2, 0.25) is 5.02 Å². The zero-order valence-corrected chi connectivity index (χ0v) is 18.5. The Hall–Kier alpha value is -2.98. The summed E-state index contributed by atoms with van der Waals surface area (Å²) in [6, 6.07) is 10.2. The SMILES string of the molecule is O=C(CCN=C1NS(=O)(=O)c2ccccc21)N1CCN(C(=O)c2ccc(F)cc2Cl)CC1. The molecule has 1 N–H and O–H groups in total. The molecule has 0 bridgehead atoms. The summed E-state index contributed by atoms with van der Waals surface area (Å²) in [5.74, 6) is -0.712. The van der Waals surface area contributed by atoms with Gasteiger partial charge in [-0.25, -0.2) is 12.8 Å². The largest absolute Gasteiger partial charge is 0.339 e. The molecule has 0 spiro atoms. The van der Waals surface area contributed by atoms with Crippen molar-refractivity contribution in [1.29, 1.82) is 0 Å². The second-order valence-electron chi connectivity index (χ2n) is 7.38. The highest BCUT2D eigenvalue weighted by Crippen LogP contribution is 2.22. The van der Waals surface area contributed by atoms with Gasteiger partial charge in [-0.15, -0.1) is 0 Å². The first-order chi connectivity index (χ1) is 15.3. The molecular formula is C21H20ClFN4O4S. The number of amides is 2. The van der Waals surface area contributed by atoms with Gasteiger partial charge in [-0.05, 0) is 30.3 Å². The lowest BCUT2D eigenvalue weighted by atomic mass is 10.1. The normalized spacial score (nSPS) is 18.4. The number of amidine groups is 1. The summed E-state index contributed by atoms with van der Waals surface area (Å²) >= 11 is 5.98. The first-order valence-electron chi connectivity index (χ1n) is 9.95. The lowest BCUT2D eigenvalue weighted by molar-refractivity contribution is -0.132. The minimum atomic E-state index is -3.61. The van der Waals surface area contributed by atoms with Crippen LogP contribution in [0.4, 0.5) is 4.39 Å². The molecule has 2 aliphatic heterocycles. The molecule has 0 atom stereocenters. The quantitative estimate of drug-likeness (QED) is 0.725. The van der Waals surface area contributed by atoms with E-state index in [2.05, 4.69) is 9.71 Å². The number of halogens is 2. The Morgan fingerprint density at radius 2 is 1.75 bits per heavy atom. The standard InChI is InChI=1S/C21H20ClFN4O4S/c22-17-13-14(23)5-6-15(17)21(29)27-11-9-26(10-12-27)19(28)7-8-24-20-16-3-1-2-4-18(16)32(30,31)25-20/h1-6,13H,7-12H2,(H,24,25). The van der Waals surface area contributed by atoms with E-state index in [4.69, 9.17) is 11.6 Å². The number of nitrogens with zero attached hydrogens (tertiary/aromatic N) is 3. The lowest BCUT2D eigenvalue weighted by Crippen LogP contribution is -2.50. The zero-order valence-electron chi connectivity index (χ0n) is 16.9. The molecule has 0 saturated carbocycles. The van der Waals surface area contributed by atoms with Gasteiger partial charge in [0.25, 0.3) is 15.9 Å². The molecule has 2 aromatic carbocycles. The van der Waals surface area contributed by atoms with E-state index in [0.717, 1.165) is 6.07 Å². The van der Waals surface area contributed by atoms with Crippen LogP contribution < -0.4 is 4.72 Å². The molecule has 2 heterocycles. The summed E-state index contributed by atoms with van der Waals surface area (Å²) in [6.07, 6.45) is 0.116. The van der Waals surface area contributed by atoms with Crippen molar-refractivity contribution < 1.29 is 22.4 Å². The number of hydrogen-bond donors (Lipinski definition) is 1. The Balaban J connectivity index is 1.31. The van der Waals surface area contributed by atoms with Crippen molar-refractivity contribution in [2.24, 2.45) is 4.99 Å². The number of carbonyl (C=O) groups is 2. The highest BCUT2D eigenvalue weighted by atomic mass is 35.5. The fourth-order valence-corrected chi connectivity index (χ4v) is 5.16. The van der Waals surface area contributed by atoms with Crippen LogP contribution in [0.25, 0.3) is 0 Å². The highest BCUT2D eigenvalue weighted by molar-refractivity contribution is 7.90. The number of piperazine rings is 1. The Kier molecular flexibility index (Phi) is 6.16. The number of carbonyl (C=O) groups excluding carboxylic acids is 2. The number of sulfonamides is 1. The Labute approximate surface area is 189 Å². The van der Waals surface area contributed by atoms with Gasteiger partial charge >= 0.3 is 0 Å². The van der Waals surface area contributed by atoms with Crippen LogP contribution in [-0.4, -0.2) is 68.6 Å². The van der Waals surface area contributed by atoms with Gasteiger partial charge in [-0.2, -0.15) is 0 Å². The fourth-order valence-electron chi connectivity index (χ4n) is 3.66. The monoisotopic (exact) mass is 478 g/mol. The van der Waals surface area contributed by atoms with Crippen molar-refractivity contribution in [2.45, 2.75) is 11.3 Å². The molecule has 0 aliphatic carbocycles. The molecule has 8 nitrogen and oxygen atoms in total. The number of nitrogens with one attached hydrogen (secondary N) is 1. The molecule has 0 aromatic heterocycles. The maximum absolute atomic E-state index is 13.2. The first kappa shape index (κ1) is 22.2. The van der Waals surface area contributed by atoms with Gasteiger partial charge in [-0.3, -0.25) is 19.3 Å². The number of fused-ring (bicyclic) bond motifs is 1. The molecule has 168 valence electrons. The third-order valence-corrected chi connectivity index (χ3v) is 7.05. The van der Waals surface area contributed by atoms with Crippen molar-refractivity contribution >= 4 is 39.3 Å². The van der Waals surface area contributed by atoms with Gasteiger partial charge in [-0.1, -0.05) is 23.7 Å². The molecular weight excluding hydrogens is 459 g/mol. The average molecular weight is 479 g/mol. The Bertz CT molecular complexity index is 1210. The van der Waals surface area contributed by atoms with Gasteiger partial charge < -0.3 is 9.80 Å². The molecule has 1 saturated heterocycles. The van der Waals surface area contributed by atoms with Crippen molar-refractivity contribution in [3.8, 4) is 0 Å². The molecule has 2 aromatic rings. The third-order valence-electron chi connectivity index (χ3n) is 5.34. The molecule has 0 unspecified atom stereocenters. The summed E-state index contributed by atoms with van der Waals surface area (Å²) in [5, 5.41) is 0.0525. The number of rotatable bonds is 4. The molecule has 11 heteroatoms. The highest BCUT2D eigenvalue weighted by Gasteiger charge is 2.30. The van der Waals surface area contributed by atoms with E-state index >= 15 is 0 Å². The Morgan fingerprint density at radius 3 is 2.47 bits per heavy atom. The summed E-state index contributed by atoms with van der Waals surface area (Å²) in [7, 11) is -3.61. The van der Waals surface area contributed by atoms with E-state index in [1.165, 1.54) is 18.2 Å². The summed E-state index contributed by atoms with van der Waals surface area (Å²) in [5.41, 5.74) is 0.717. The van der Waals surface area contributed by atoms with Crippen LogP contribution >= 0.6 is 11.6 Å². The van der Waals surface area contributed by atoms with Crippen LogP contribution in [0, 0.1) is 5.82 Å². The van der Waals surface area contributed by atoms with E-state index in [0.29, 0.717) is 31.7 Å². The van der Waals surface area contributed by atoms with Crippen LogP contribution in [0.5, 0.6) is 0 Å². The van der Waals surface area contributed by atoms with Crippen molar-refractivity contribution in [1.82, 2.24) is 14.5 Å². The topological polar surface area (TPSA) is 99.1 Å². The average Bonchev–Trinajstić information content (AvgIpc) is 3.04. The Morgan fingerprint density at radius 1 is 1.06 bits per heavy atom. The first-order valence-corrected chi connectivity index (χ1v) is 11.8. The number of benzene rings is 2. The van der Waals surface area contributed by atoms with Crippen molar-refractivity contribution in [3.05, 3.63) is 64.4 Å². The van der Waals surface area contributed by atoms with Gasteiger partial charge in [0.15, 0.2) is 0 Å². The fraction of sp³-hybridized carbons (Fsp3) is 0.286. The summed E-state index contributed by atoms with van der Waals surface area (Å²) in [6.45, 7) is 1.51. The van der Waals surface area contributed by atoms with E-state index in [-0.39, 0.29) is 46.1 Å². The van der Waals surface area contributed by atoms with E-state index in [1.807, 2.05) is 0 Å².